The number of thiophene rings is 1. The number of ketones is 1. The molecule has 2 heteroatoms. The predicted molar refractivity (Wildman–Crippen MR) is 71.1 cm³/mol. The van der Waals surface area contributed by atoms with Gasteiger partial charge in [0.05, 0.1) is 0 Å². The van der Waals surface area contributed by atoms with Crippen LogP contribution < -0.4 is 0 Å². The number of rotatable bonds is 7. The van der Waals surface area contributed by atoms with E-state index in [9.17, 15) is 4.79 Å². The van der Waals surface area contributed by atoms with Gasteiger partial charge in [0, 0.05) is 22.6 Å². The van der Waals surface area contributed by atoms with Crippen LogP contribution in [0.5, 0.6) is 0 Å². The highest BCUT2D eigenvalue weighted by Crippen LogP contribution is 2.21. The first-order valence-electron chi connectivity index (χ1n) is 6.25. The minimum Gasteiger partial charge on any atom is -0.300 e. The molecule has 0 fully saturated rings. The zero-order valence-corrected chi connectivity index (χ0v) is 11.4. The maximum atomic E-state index is 11.5. The summed E-state index contributed by atoms with van der Waals surface area (Å²) in [5.74, 6) is 0.907. The Bertz CT molecular complexity index is 327. The smallest absolute Gasteiger partial charge is 0.133 e. The third kappa shape index (κ3) is 4.48. The van der Waals surface area contributed by atoms with E-state index in [1.54, 1.807) is 0 Å². The van der Waals surface area contributed by atoms with Crippen LogP contribution in [0, 0.1) is 5.92 Å². The van der Waals surface area contributed by atoms with Gasteiger partial charge in [-0.15, -0.1) is 11.3 Å². The van der Waals surface area contributed by atoms with Crippen molar-refractivity contribution in [3.8, 4) is 0 Å². The molecule has 0 saturated carbocycles. The lowest BCUT2D eigenvalue weighted by Crippen LogP contribution is -2.06. The Hall–Kier alpha value is -0.630. The molecule has 0 spiro atoms. The molecule has 0 radical (unpaired) electrons. The molecule has 16 heavy (non-hydrogen) atoms. The fourth-order valence-corrected chi connectivity index (χ4v) is 3.03. The van der Waals surface area contributed by atoms with Gasteiger partial charge in [0.2, 0.25) is 0 Å². The molecule has 0 aliphatic rings. The van der Waals surface area contributed by atoms with Crippen LogP contribution in [0.1, 0.15) is 49.8 Å². The highest BCUT2D eigenvalue weighted by molar-refractivity contribution is 7.11. The van der Waals surface area contributed by atoms with Crippen molar-refractivity contribution in [3.05, 3.63) is 21.9 Å². The van der Waals surface area contributed by atoms with Gasteiger partial charge >= 0.3 is 0 Å². The van der Waals surface area contributed by atoms with Gasteiger partial charge in [0.25, 0.3) is 0 Å². The zero-order chi connectivity index (χ0) is 12.0. The van der Waals surface area contributed by atoms with E-state index in [0.717, 1.165) is 32.1 Å². The molecule has 0 N–H and O–H groups in total. The Balaban J connectivity index is 2.38. The molecule has 1 atom stereocenters. The zero-order valence-electron chi connectivity index (χ0n) is 10.6. The van der Waals surface area contributed by atoms with Crippen LogP contribution in [0.25, 0.3) is 0 Å². The fourth-order valence-electron chi connectivity index (χ4n) is 1.91. The van der Waals surface area contributed by atoms with Crippen LogP contribution in [0.4, 0.5) is 0 Å². The minimum atomic E-state index is 0.419. The van der Waals surface area contributed by atoms with E-state index < -0.39 is 0 Å². The second-order valence-corrected chi connectivity index (χ2v) is 5.78. The van der Waals surface area contributed by atoms with Crippen LogP contribution in [0.2, 0.25) is 0 Å². The van der Waals surface area contributed by atoms with Crippen LogP contribution in [-0.4, -0.2) is 5.78 Å². The van der Waals surface area contributed by atoms with E-state index in [1.807, 2.05) is 11.3 Å². The molecule has 0 aliphatic carbocycles. The Labute approximate surface area is 103 Å². The molecule has 0 aliphatic heterocycles. The lowest BCUT2D eigenvalue weighted by atomic mass is 9.98. The van der Waals surface area contributed by atoms with Gasteiger partial charge in [0.1, 0.15) is 5.78 Å². The Morgan fingerprint density at radius 3 is 2.56 bits per heavy atom. The van der Waals surface area contributed by atoms with E-state index in [2.05, 4.69) is 32.9 Å². The monoisotopic (exact) mass is 238 g/mol. The summed E-state index contributed by atoms with van der Waals surface area (Å²) in [7, 11) is 0. The van der Waals surface area contributed by atoms with Crippen LogP contribution in [0.3, 0.4) is 0 Å². The second-order valence-electron chi connectivity index (χ2n) is 4.52. The SMILES string of the molecule is CCCC(=O)CC(C)Cc1ccc(CC)s1. The number of Topliss-reactive ketones (excluding diaryl/α,β-unsaturated/α-hetero) is 1. The normalized spacial score (nSPS) is 12.7. The van der Waals surface area contributed by atoms with Gasteiger partial charge in [-0.1, -0.05) is 20.8 Å². The van der Waals surface area contributed by atoms with Gasteiger partial charge in [-0.25, -0.2) is 0 Å². The third-order valence-electron chi connectivity index (χ3n) is 2.72. The molecular formula is C14H22OS. The molecule has 1 rings (SSSR count). The molecule has 0 amide bonds. The first kappa shape index (κ1) is 13.4. The van der Waals surface area contributed by atoms with E-state index in [0.29, 0.717) is 11.7 Å². The topological polar surface area (TPSA) is 17.1 Å². The Morgan fingerprint density at radius 2 is 2.00 bits per heavy atom. The summed E-state index contributed by atoms with van der Waals surface area (Å²) in [5, 5.41) is 0. The van der Waals surface area contributed by atoms with E-state index >= 15 is 0 Å². The van der Waals surface area contributed by atoms with Gasteiger partial charge in [-0.05, 0) is 37.3 Å². The van der Waals surface area contributed by atoms with E-state index in [1.165, 1.54) is 9.75 Å². The van der Waals surface area contributed by atoms with Crippen molar-refractivity contribution in [1.29, 1.82) is 0 Å². The first-order valence-corrected chi connectivity index (χ1v) is 7.06. The van der Waals surface area contributed by atoms with Crippen molar-refractivity contribution in [1.82, 2.24) is 0 Å². The fraction of sp³-hybridized carbons (Fsp3) is 0.643. The van der Waals surface area contributed by atoms with Crippen LogP contribution >= 0.6 is 11.3 Å². The number of aryl methyl sites for hydroxylation is 1. The average molecular weight is 238 g/mol. The van der Waals surface area contributed by atoms with Crippen molar-refractivity contribution >= 4 is 17.1 Å². The molecular weight excluding hydrogens is 216 g/mol. The molecule has 1 aromatic rings. The molecule has 1 heterocycles. The number of carbonyl (C=O) groups is 1. The Morgan fingerprint density at radius 1 is 1.31 bits per heavy atom. The van der Waals surface area contributed by atoms with Crippen LogP contribution in [-0.2, 0) is 17.6 Å². The predicted octanol–water partition coefficient (Wildman–Crippen LogP) is 4.25. The van der Waals surface area contributed by atoms with Gasteiger partial charge in [-0.2, -0.15) is 0 Å². The lowest BCUT2D eigenvalue weighted by molar-refractivity contribution is -0.119. The van der Waals surface area contributed by atoms with Crippen molar-refractivity contribution in [3.63, 3.8) is 0 Å². The summed E-state index contributed by atoms with van der Waals surface area (Å²) < 4.78 is 0. The Kier molecular flexibility index (Phi) is 5.75. The first-order chi connectivity index (χ1) is 7.65. The molecule has 1 aromatic heterocycles. The standard InChI is InChI=1S/C14H22OS/c1-4-6-12(15)9-11(3)10-14-8-7-13(5-2)16-14/h7-8,11H,4-6,9-10H2,1-3H3. The quantitative estimate of drug-likeness (QED) is 0.694. The summed E-state index contributed by atoms with van der Waals surface area (Å²) in [5.41, 5.74) is 0. The molecule has 0 bridgehead atoms. The van der Waals surface area contributed by atoms with E-state index in [-0.39, 0.29) is 0 Å². The number of carbonyl (C=O) groups excluding carboxylic acids is 1. The third-order valence-corrected chi connectivity index (χ3v) is 3.97. The second kappa shape index (κ2) is 6.85. The molecule has 90 valence electrons. The summed E-state index contributed by atoms with van der Waals surface area (Å²) >= 11 is 1.89. The maximum Gasteiger partial charge on any atom is 0.133 e. The van der Waals surface area contributed by atoms with Gasteiger partial charge in [0.15, 0.2) is 0 Å². The summed E-state index contributed by atoms with van der Waals surface area (Å²) in [4.78, 5) is 14.4. The molecule has 0 saturated heterocycles. The van der Waals surface area contributed by atoms with Crippen molar-refractivity contribution < 1.29 is 4.79 Å². The average Bonchev–Trinajstić information content (AvgIpc) is 2.65. The maximum absolute atomic E-state index is 11.5. The van der Waals surface area contributed by atoms with Crippen molar-refractivity contribution in [2.24, 2.45) is 5.92 Å². The highest BCUT2D eigenvalue weighted by atomic mass is 32.1. The lowest BCUT2D eigenvalue weighted by Gasteiger charge is -2.08. The van der Waals surface area contributed by atoms with Crippen molar-refractivity contribution in [2.75, 3.05) is 0 Å². The minimum absolute atomic E-state index is 0.419. The summed E-state index contributed by atoms with van der Waals surface area (Å²) in [6.07, 6.45) is 4.64. The van der Waals surface area contributed by atoms with Gasteiger partial charge in [-0.3, -0.25) is 4.79 Å². The number of hydrogen-bond acceptors (Lipinski definition) is 2. The molecule has 1 unspecified atom stereocenters. The molecule has 0 aromatic carbocycles. The van der Waals surface area contributed by atoms with Gasteiger partial charge < -0.3 is 0 Å². The van der Waals surface area contributed by atoms with Crippen LogP contribution in [0.15, 0.2) is 12.1 Å². The largest absolute Gasteiger partial charge is 0.300 e. The highest BCUT2D eigenvalue weighted by Gasteiger charge is 2.10. The summed E-state index contributed by atoms with van der Waals surface area (Å²) in [6.45, 7) is 6.43. The van der Waals surface area contributed by atoms with E-state index in [4.69, 9.17) is 0 Å². The van der Waals surface area contributed by atoms with Crippen molar-refractivity contribution in [2.45, 2.75) is 52.9 Å². The summed E-state index contributed by atoms with van der Waals surface area (Å²) in [6, 6.07) is 4.42. The molecule has 1 nitrogen and oxygen atoms in total. The number of hydrogen-bond donors (Lipinski definition) is 0.